The van der Waals surface area contributed by atoms with Gasteiger partial charge in [-0.15, -0.1) is 11.3 Å². The molecule has 1 aliphatic carbocycles. The van der Waals surface area contributed by atoms with E-state index in [-0.39, 0.29) is 25.5 Å². The number of rotatable bonds is 11. The first-order valence-electron chi connectivity index (χ1n) is 23.4. The monoisotopic (exact) mass is 998 g/mol. The molecule has 0 radical (unpaired) electrons. The second kappa shape index (κ2) is 21.0. The minimum absolute atomic E-state index is 0.0574. The number of halogens is 2. The number of piperazine rings is 1. The van der Waals surface area contributed by atoms with Gasteiger partial charge in [0, 0.05) is 54.9 Å². The molecular weight excluding hydrogens is 948 g/mol. The van der Waals surface area contributed by atoms with Gasteiger partial charge >= 0.3 is 0 Å². The van der Waals surface area contributed by atoms with Gasteiger partial charge in [0.15, 0.2) is 11.6 Å². The highest BCUT2D eigenvalue weighted by Gasteiger charge is 2.31. The number of para-hydroxylation sites is 1. The molecule has 3 aliphatic heterocycles. The Kier molecular flexibility index (Phi) is 14.2. The number of benzene rings is 4. The quantitative estimate of drug-likeness (QED) is 0.114. The van der Waals surface area contributed by atoms with Gasteiger partial charge in [-0.1, -0.05) is 65.7 Å². The van der Waals surface area contributed by atoms with E-state index >= 15 is 0 Å². The highest BCUT2D eigenvalue weighted by atomic mass is 35.5. The van der Waals surface area contributed by atoms with Crippen LogP contribution >= 0.6 is 34.5 Å². The van der Waals surface area contributed by atoms with Crippen LogP contribution in [0.1, 0.15) is 47.2 Å². The second-order valence-corrected chi connectivity index (χ2v) is 19.5. The number of thiophene rings is 1. The molecule has 0 N–H and O–H groups in total. The zero-order chi connectivity index (χ0) is 48.3. The van der Waals surface area contributed by atoms with Gasteiger partial charge < -0.3 is 33.3 Å². The van der Waals surface area contributed by atoms with Crippen LogP contribution < -0.4 is 23.7 Å². The number of nitrogens with zero attached hydrogens (tertiary/aromatic N) is 6. The number of carbonyl (C=O) groups is 1. The van der Waals surface area contributed by atoms with Crippen molar-refractivity contribution in [1.29, 1.82) is 0 Å². The molecule has 0 amide bonds. The number of fused-ring (bicyclic) bond motifs is 7. The maximum Gasteiger partial charge on any atom is 0.296 e. The Morgan fingerprint density at radius 2 is 1.67 bits per heavy atom. The molecule has 0 unspecified atom stereocenters. The lowest BCUT2D eigenvalue weighted by atomic mass is 9.91. The maximum absolute atomic E-state index is 12.4. The van der Waals surface area contributed by atoms with Crippen molar-refractivity contribution in [3.63, 3.8) is 0 Å². The maximum atomic E-state index is 12.4. The molecule has 1 saturated heterocycles. The number of ether oxygens (including phenoxy) is 6. The summed E-state index contributed by atoms with van der Waals surface area (Å²) < 4.78 is 38.1. The largest absolute Gasteiger partial charge is 0.496 e. The summed E-state index contributed by atoms with van der Waals surface area (Å²) in [7, 11) is 3.75. The van der Waals surface area contributed by atoms with Gasteiger partial charge in [0.05, 0.1) is 40.2 Å². The Morgan fingerprint density at radius 3 is 2.43 bits per heavy atom. The predicted octanol–water partition coefficient (Wildman–Crippen LogP) is 11.1. The average molecular weight is 1000 g/mol. The minimum atomic E-state index is -1.17. The Morgan fingerprint density at radius 1 is 0.886 bits per heavy atom. The molecule has 4 aromatic carbocycles. The van der Waals surface area contributed by atoms with E-state index in [1.165, 1.54) is 28.8 Å². The molecule has 16 heteroatoms. The summed E-state index contributed by atoms with van der Waals surface area (Å²) in [6.07, 6.45) is 7.19. The number of hydrogen-bond donors (Lipinski definition) is 0. The van der Waals surface area contributed by atoms with Crippen LogP contribution in [0.4, 0.5) is 0 Å². The lowest BCUT2D eigenvalue weighted by Gasteiger charge is -2.35. The summed E-state index contributed by atoms with van der Waals surface area (Å²) in [5.41, 5.74) is 8.70. The molecule has 0 spiro atoms. The average Bonchev–Trinajstić information content (AvgIpc) is 4.07. The lowest BCUT2D eigenvalue weighted by Crippen LogP contribution is -2.49. The smallest absolute Gasteiger partial charge is 0.296 e. The number of carbonyl (C=O) groups excluding carboxylic acids is 1. The predicted molar refractivity (Wildman–Crippen MR) is 274 cm³/mol. The van der Waals surface area contributed by atoms with Gasteiger partial charge in [0.25, 0.3) is 6.47 Å². The third kappa shape index (κ3) is 9.88. The van der Waals surface area contributed by atoms with Crippen molar-refractivity contribution in [2.24, 2.45) is 0 Å². The molecular formula is C54H52Cl2N6O7S. The number of likely N-dealkylation sites (N-methyl/N-ethyl adjacent to an activating group) is 1. The fourth-order valence-corrected chi connectivity index (χ4v) is 11.1. The highest BCUT2D eigenvalue weighted by Crippen LogP contribution is 2.53. The fourth-order valence-electron chi connectivity index (χ4n) is 9.44. The van der Waals surface area contributed by atoms with Crippen molar-refractivity contribution in [3.05, 3.63) is 129 Å². The first kappa shape index (κ1) is 47.4. The molecule has 1 fully saturated rings. The van der Waals surface area contributed by atoms with E-state index in [0.29, 0.717) is 73.4 Å². The highest BCUT2D eigenvalue weighted by molar-refractivity contribution is 7.22. The van der Waals surface area contributed by atoms with Gasteiger partial charge in [0.1, 0.15) is 47.7 Å². The molecule has 13 nitrogen and oxygen atoms in total. The molecule has 4 bridgehead atoms. The first-order chi connectivity index (χ1) is 34.1. The summed E-state index contributed by atoms with van der Waals surface area (Å²) in [5.74, 6) is 2.80. The van der Waals surface area contributed by atoms with Crippen LogP contribution in [0.25, 0.3) is 48.7 Å². The van der Waals surface area contributed by atoms with Crippen molar-refractivity contribution in [2.45, 2.75) is 58.5 Å². The van der Waals surface area contributed by atoms with Crippen molar-refractivity contribution >= 4 is 56.8 Å². The van der Waals surface area contributed by atoms with Crippen LogP contribution in [0, 0.1) is 13.8 Å². The summed E-state index contributed by atoms with van der Waals surface area (Å²) >= 11 is 16.4. The summed E-state index contributed by atoms with van der Waals surface area (Å²) in [6, 6.07) is 23.6. The molecule has 7 aromatic rings. The van der Waals surface area contributed by atoms with E-state index in [4.69, 9.17) is 66.6 Å². The zero-order valence-electron chi connectivity index (χ0n) is 39.4. The molecule has 2 atom stereocenters. The van der Waals surface area contributed by atoms with Crippen LogP contribution in [-0.2, 0) is 22.6 Å². The summed E-state index contributed by atoms with van der Waals surface area (Å²) in [5, 5.41) is 1.39. The Labute approximate surface area is 420 Å². The number of methoxy groups -OCH3 is 1. The first-order valence-corrected chi connectivity index (χ1v) is 25.0. The van der Waals surface area contributed by atoms with E-state index in [9.17, 15) is 4.79 Å². The van der Waals surface area contributed by atoms with Gasteiger partial charge in [0.2, 0.25) is 12.2 Å². The molecule has 360 valence electrons. The van der Waals surface area contributed by atoms with E-state index in [2.05, 4.69) is 52.2 Å². The molecule has 3 aromatic heterocycles. The van der Waals surface area contributed by atoms with Crippen molar-refractivity contribution in [3.8, 4) is 61.8 Å². The Bertz CT molecular complexity index is 3060. The fraction of sp³-hybridized carbons (Fsp3) is 0.315. The van der Waals surface area contributed by atoms with Crippen LogP contribution in [0.5, 0.6) is 28.9 Å². The van der Waals surface area contributed by atoms with Crippen LogP contribution in [-0.4, -0.2) is 102 Å². The second-order valence-electron chi connectivity index (χ2n) is 17.7. The molecule has 11 rings (SSSR count). The number of hydrogen-bond acceptors (Lipinski definition) is 14. The third-order valence-corrected chi connectivity index (χ3v) is 15.2. The van der Waals surface area contributed by atoms with Gasteiger partial charge in [-0.25, -0.2) is 19.9 Å². The topological polar surface area (TPSA) is 130 Å². The standard InChI is InChI=1S/C54H52Cl2N6O7S/c1-32-45-33(2)49(56)50(48(32)55)68-40(27-62-23-21-61(3)22-24-62)29-65-39-17-18-42(66-28-38-19-20-57-52(60-38)41-11-7-8-12-43(41)64-4)37(25-39)26-44(67-31-63)69-53-47-46(45)51(70-54(47)59-30-58-53)36-15-13-35(14-16-36)34-9-5-6-10-34/h7-9,11-20,25,30-31,40,44H,5-6,10,21-24,26-29H2,1-4H3/t40-,44-/m1/s1. The molecule has 6 heterocycles. The minimum Gasteiger partial charge on any atom is -0.496 e. The SMILES string of the molecule is COc1ccccc1-c1nccc(COc2ccc3cc2C[C@H](OC=O)Oc2ncnc4sc(-c5ccc(C6=CCCC6)cc5)c(c24)-c2c(C)c(Cl)c(c(Cl)c2C)O[C@H](CN2CCN(C)CC2)CO3)n1. The van der Waals surface area contributed by atoms with Gasteiger partial charge in [-0.2, -0.15) is 0 Å². The van der Waals surface area contributed by atoms with E-state index in [1.807, 2.05) is 56.3 Å². The van der Waals surface area contributed by atoms with Crippen molar-refractivity contribution in [2.75, 3.05) is 53.5 Å². The van der Waals surface area contributed by atoms with Gasteiger partial charge in [-0.3, -0.25) is 9.69 Å². The number of allylic oxidation sites excluding steroid dienone is 2. The van der Waals surface area contributed by atoms with Crippen LogP contribution in [0.15, 0.2) is 91.4 Å². The molecule has 0 saturated carbocycles. The van der Waals surface area contributed by atoms with E-state index in [0.717, 1.165) is 83.7 Å². The van der Waals surface area contributed by atoms with E-state index in [1.54, 1.807) is 19.4 Å². The lowest BCUT2D eigenvalue weighted by molar-refractivity contribution is -0.147. The third-order valence-electron chi connectivity index (χ3n) is 13.2. The summed E-state index contributed by atoms with van der Waals surface area (Å²) in [4.78, 5) is 37.5. The van der Waals surface area contributed by atoms with Crippen molar-refractivity contribution in [1.82, 2.24) is 29.7 Å². The molecule has 4 aliphatic rings. The molecule has 70 heavy (non-hydrogen) atoms. The summed E-state index contributed by atoms with van der Waals surface area (Å²) in [6.45, 7) is 8.76. The zero-order valence-corrected chi connectivity index (χ0v) is 41.7. The van der Waals surface area contributed by atoms with E-state index < -0.39 is 12.4 Å². The Balaban J connectivity index is 1.09. The van der Waals surface area contributed by atoms with Crippen LogP contribution in [0.3, 0.4) is 0 Å². The normalized spacial score (nSPS) is 17.5. The number of aromatic nitrogens is 4. The van der Waals surface area contributed by atoms with Crippen LogP contribution in [0.2, 0.25) is 10.0 Å². The Hall–Kier alpha value is -6.29. The van der Waals surface area contributed by atoms with Crippen molar-refractivity contribution < 1.29 is 33.2 Å². The van der Waals surface area contributed by atoms with Gasteiger partial charge in [-0.05, 0) is 110 Å².